The molecule has 0 saturated heterocycles. The molecule has 116 valence electrons. The third-order valence-corrected chi connectivity index (χ3v) is 3.92. The second-order valence-corrected chi connectivity index (χ2v) is 5.63. The van der Waals surface area contributed by atoms with Gasteiger partial charge in [-0.1, -0.05) is 36.3 Å². The fourth-order valence-electron chi connectivity index (χ4n) is 1.87. The number of carbonyl (C=O) groups is 2. The summed E-state index contributed by atoms with van der Waals surface area (Å²) in [7, 11) is 0. The van der Waals surface area contributed by atoms with Crippen LogP contribution in [0, 0.1) is 12.3 Å². The smallest absolute Gasteiger partial charge is 0.254 e. The number of thioether (sulfide) groups is 1. The Balaban J connectivity index is 1.98. The molecule has 0 aliphatic rings. The molecule has 2 amide bonds. The van der Waals surface area contributed by atoms with Crippen molar-refractivity contribution in [1.29, 1.82) is 0 Å². The Labute approximate surface area is 139 Å². The highest BCUT2D eigenvalue weighted by Crippen LogP contribution is 2.19. The molecule has 0 bridgehead atoms. The van der Waals surface area contributed by atoms with Crippen LogP contribution in [0.4, 0.5) is 5.69 Å². The minimum absolute atomic E-state index is 0.144. The number of terminal acetylenes is 1. The Morgan fingerprint density at radius 1 is 1.04 bits per heavy atom. The van der Waals surface area contributed by atoms with Crippen LogP contribution < -0.4 is 10.6 Å². The van der Waals surface area contributed by atoms with Crippen LogP contribution in [0.25, 0.3) is 0 Å². The Hall–Kier alpha value is -2.71. The zero-order chi connectivity index (χ0) is 16.5. The fraction of sp³-hybridized carbons (Fsp3) is 0.111. The minimum Gasteiger partial charge on any atom is -0.341 e. The van der Waals surface area contributed by atoms with Gasteiger partial charge in [0.25, 0.3) is 5.91 Å². The summed E-state index contributed by atoms with van der Waals surface area (Å²) in [6.45, 7) is 0.144. The molecule has 0 unspecified atom stereocenters. The highest BCUT2D eigenvalue weighted by atomic mass is 32.2. The van der Waals surface area contributed by atoms with Crippen molar-refractivity contribution in [2.75, 3.05) is 17.6 Å². The first-order valence-electron chi connectivity index (χ1n) is 6.99. The maximum atomic E-state index is 12.1. The molecule has 2 aromatic carbocycles. The summed E-state index contributed by atoms with van der Waals surface area (Å²) in [6.07, 6.45) is 5.13. The summed E-state index contributed by atoms with van der Waals surface area (Å²) in [5.41, 5.74) is 0.862. The highest BCUT2D eigenvalue weighted by Gasteiger charge is 2.12. The molecule has 0 saturated carbocycles. The van der Waals surface area contributed by atoms with Gasteiger partial charge in [0.15, 0.2) is 0 Å². The first-order chi connectivity index (χ1) is 11.2. The molecule has 2 N–H and O–H groups in total. The molecule has 0 fully saturated rings. The van der Waals surface area contributed by atoms with Crippen molar-refractivity contribution in [1.82, 2.24) is 5.32 Å². The van der Waals surface area contributed by atoms with Gasteiger partial charge in [0.05, 0.1) is 23.5 Å². The third-order valence-electron chi connectivity index (χ3n) is 2.91. The van der Waals surface area contributed by atoms with Crippen molar-refractivity contribution >= 4 is 29.3 Å². The van der Waals surface area contributed by atoms with E-state index in [0.29, 0.717) is 11.3 Å². The van der Waals surface area contributed by atoms with E-state index in [0.717, 1.165) is 4.90 Å². The molecular formula is C18H16N2O2S. The van der Waals surface area contributed by atoms with E-state index in [9.17, 15) is 9.59 Å². The number of anilines is 1. The number of nitrogens with one attached hydrogen (secondary N) is 2. The molecule has 0 atom stereocenters. The number of hydrogen-bond acceptors (Lipinski definition) is 3. The van der Waals surface area contributed by atoms with Crippen LogP contribution in [0.5, 0.6) is 0 Å². The lowest BCUT2D eigenvalue weighted by atomic mass is 10.1. The first-order valence-corrected chi connectivity index (χ1v) is 7.97. The molecule has 0 radical (unpaired) electrons. The molecule has 0 aliphatic heterocycles. The summed E-state index contributed by atoms with van der Waals surface area (Å²) >= 11 is 1.44. The van der Waals surface area contributed by atoms with Crippen molar-refractivity contribution in [3.63, 3.8) is 0 Å². The van der Waals surface area contributed by atoms with Crippen LogP contribution in [0.15, 0.2) is 59.5 Å². The van der Waals surface area contributed by atoms with Gasteiger partial charge in [0.1, 0.15) is 0 Å². The number of benzene rings is 2. The normalized spacial score (nSPS) is 9.70. The Kier molecular flexibility index (Phi) is 6.28. The van der Waals surface area contributed by atoms with Gasteiger partial charge in [-0.05, 0) is 24.3 Å². The molecule has 0 aliphatic carbocycles. The van der Waals surface area contributed by atoms with Crippen LogP contribution in [0.3, 0.4) is 0 Å². The lowest BCUT2D eigenvalue weighted by Crippen LogP contribution is -2.25. The van der Waals surface area contributed by atoms with E-state index in [1.807, 2.05) is 30.3 Å². The molecule has 5 heteroatoms. The summed E-state index contributed by atoms with van der Waals surface area (Å²) in [4.78, 5) is 25.1. The first kappa shape index (κ1) is 16.7. The topological polar surface area (TPSA) is 58.2 Å². The molecule has 2 rings (SSSR count). The van der Waals surface area contributed by atoms with E-state index >= 15 is 0 Å². The van der Waals surface area contributed by atoms with Crippen molar-refractivity contribution in [2.24, 2.45) is 0 Å². The third kappa shape index (κ3) is 5.20. The van der Waals surface area contributed by atoms with Gasteiger partial charge in [0, 0.05) is 4.90 Å². The second-order valence-electron chi connectivity index (χ2n) is 4.58. The van der Waals surface area contributed by atoms with Crippen molar-refractivity contribution in [3.8, 4) is 12.3 Å². The Morgan fingerprint density at radius 3 is 2.48 bits per heavy atom. The van der Waals surface area contributed by atoms with E-state index in [1.165, 1.54) is 11.8 Å². The number of para-hydroxylation sites is 1. The summed E-state index contributed by atoms with van der Waals surface area (Å²) in [5.74, 6) is 2.13. The van der Waals surface area contributed by atoms with Crippen LogP contribution in [-0.4, -0.2) is 24.1 Å². The van der Waals surface area contributed by atoms with Gasteiger partial charge in [-0.2, -0.15) is 0 Å². The van der Waals surface area contributed by atoms with E-state index in [-0.39, 0.29) is 24.1 Å². The monoisotopic (exact) mass is 324 g/mol. The van der Waals surface area contributed by atoms with Crippen LogP contribution >= 0.6 is 11.8 Å². The largest absolute Gasteiger partial charge is 0.341 e. The van der Waals surface area contributed by atoms with Crippen molar-refractivity contribution in [2.45, 2.75) is 4.90 Å². The quantitative estimate of drug-likeness (QED) is 0.634. The van der Waals surface area contributed by atoms with E-state index in [1.54, 1.807) is 24.3 Å². The van der Waals surface area contributed by atoms with Crippen LogP contribution in [0.1, 0.15) is 10.4 Å². The molecular weight excluding hydrogens is 308 g/mol. The van der Waals surface area contributed by atoms with Gasteiger partial charge in [0.2, 0.25) is 5.91 Å². The molecule has 4 nitrogen and oxygen atoms in total. The highest BCUT2D eigenvalue weighted by molar-refractivity contribution is 8.00. The summed E-state index contributed by atoms with van der Waals surface area (Å²) < 4.78 is 0. The SMILES string of the molecule is C#CCNC(=O)c1ccccc1NC(=O)CSc1ccccc1. The van der Waals surface area contributed by atoms with Crippen LogP contribution in [-0.2, 0) is 4.79 Å². The lowest BCUT2D eigenvalue weighted by Gasteiger charge is -2.10. The number of hydrogen-bond donors (Lipinski definition) is 2. The number of rotatable bonds is 6. The van der Waals surface area contributed by atoms with E-state index < -0.39 is 0 Å². The van der Waals surface area contributed by atoms with Gasteiger partial charge >= 0.3 is 0 Å². The fourth-order valence-corrected chi connectivity index (χ4v) is 2.59. The predicted octanol–water partition coefficient (Wildman–Crippen LogP) is 2.78. The average Bonchev–Trinajstić information content (AvgIpc) is 2.59. The van der Waals surface area contributed by atoms with Gasteiger partial charge in [-0.15, -0.1) is 18.2 Å². The van der Waals surface area contributed by atoms with Gasteiger partial charge in [-0.3, -0.25) is 9.59 Å². The molecule has 23 heavy (non-hydrogen) atoms. The minimum atomic E-state index is -0.311. The van der Waals surface area contributed by atoms with E-state index in [4.69, 9.17) is 6.42 Å². The van der Waals surface area contributed by atoms with Gasteiger partial charge < -0.3 is 10.6 Å². The van der Waals surface area contributed by atoms with E-state index in [2.05, 4.69) is 16.6 Å². The molecule has 0 spiro atoms. The van der Waals surface area contributed by atoms with Crippen molar-refractivity contribution in [3.05, 3.63) is 60.2 Å². The predicted molar refractivity (Wildman–Crippen MR) is 93.4 cm³/mol. The van der Waals surface area contributed by atoms with Crippen molar-refractivity contribution < 1.29 is 9.59 Å². The molecule has 0 heterocycles. The maximum absolute atomic E-state index is 12.1. The average molecular weight is 324 g/mol. The molecule has 2 aromatic rings. The second kappa shape index (κ2) is 8.66. The van der Waals surface area contributed by atoms with Crippen LogP contribution in [0.2, 0.25) is 0 Å². The standard InChI is InChI=1S/C18H16N2O2S/c1-2-12-19-18(22)15-10-6-7-11-16(15)20-17(21)13-23-14-8-4-3-5-9-14/h1,3-11H,12-13H2,(H,19,22)(H,20,21). The molecule has 0 aromatic heterocycles. The lowest BCUT2D eigenvalue weighted by molar-refractivity contribution is -0.113. The number of amides is 2. The van der Waals surface area contributed by atoms with Gasteiger partial charge in [-0.25, -0.2) is 0 Å². The summed E-state index contributed by atoms with van der Waals surface area (Å²) in [5, 5.41) is 5.35. The maximum Gasteiger partial charge on any atom is 0.254 e. The summed E-state index contributed by atoms with van der Waals surface area (Å²) in [6, 6.07) is 16.5. The number of carbonyl (C=O) groups excluding carboxylic acids is 2. The zero-order valence-corrected chi connectivity index (χ0v) is 13.2. The Morgan fingerprint density at radius 2 is 1.74 bits per heavy atom. The zero-order valence-electron chi connectivity index (χ0n) is 12.4. The Bertz CT molecular complexity index is 723.